The van der Waals surface area contributed by atoms with E-state index in [9.17, 15) is 0 Å². The van der Waals surface area contributed by atoms with Gasteiger partial charge in [-0.05, 0) is 17.8 Å². The molecule has 1 unspecified atom stereocenters. The van der Waals surface area contributed by atoms with Crippen molar-refractivity contribution in [2.24, 2.45) is 11.3 Å². The zero-order valence-corrected chi connectivity index (χ0v) is 9.12. The lowest BCUT2D eigenvalue weighted by Crippen LogP contribution is -2.18. The largest absolute Gasteiger partial charge is 0.337 e. The first-order valence-corrected chi connectivity index (χ1v) is 4.96. The van der Waals surface area contributed by atoms with E-state index in [1.165, 1.54) is 6.42 Å². The lowest BCUT2D eigenvalue weighted by molar-refractivity contribution is 0.237. The van der Waals surface area contributed by atoms with Crippen molar-refractivity contribution < 1.29 is 0 Å². The summed E-state index contributed by atoms with van der Waals surface area (Å²) in [6, 6.07) is 0. The van der Waals surface area contributed by atoms with Crippen molar-refractivity contribution in [3.63, 3.8) is 0 Å². The lowest BCUT2D eigenvalue weighted by atomic mass is 9.80. The molecule has 0 aromatic carbocycles. The molecule has 0 spiro atoms. The van der Waals surface area contributed by atoms with Crippen molar-refractivity contribution in [2.75, 3.05) is 0 Å². The molecule has 1 heterocycles. The third-order valence-electron chi connectivity index (χ3n) is 2.86. The van der Waals surface area contributed by atoms with Gasteiger partial charge < -0.3 is 4.57 Å². The van der Waals surface area contributed by atoms with Crippen LogP contribution in [0.4, 0.5) is 0 Å². The summed E-state index contributed by atoms with van der Waals surface area (Å²) in [7, 11) is 0. The molecule has 1 aromatic rings. The number of aryl methyl sites for hydroxylation is 1. The van der Waals surface area contributed by atoms with Crippen LogP contribution in [0, 0.1) is 11.3 Å². The Labute approximate surface area is 81.0 Å². The monoisotopic (exact) mass is 180 g/mol. The van der Waals surface area contributed by atoms with E-state index in [1.807, 2.05) is 18.7 Å². The van der Waals surface area contributed by atoms with Crippen LogP contribution in [0.2, 0.25) is 0 Å². The van der Waals surface area contributed by atoms with Crippen LogP contribution >= 0.6 is 0 Å². The van der Waals surface area contributed by atoms with Gasteiger partial charge in [-0.1, -0.05) is 27.7 Å². The van der Waals surface area contributed by atoms with E-state index in [-0.39, 0.29) is 0 Å². The highest BCUT2D eigenvalue weighted by Crippen LogP contribution is 2.28. The molecule has 0 amide bonds. The first kappa shape index (κ1) is 10.3. The predicted molar refractivity (Wildman–Crippen MR) is 55.5 cm³/mol. The van der Waals surface area contributed by atoms with E-state index in [1.54, 1.807) is 0 Å². The molecule has 0 bridgehead atoms. The molecule has 0 aliphatic heterocycles. The summed E-state index contributed by atoms with van der Waals surface area (Å²) < 4.78 is 2.14. The van der Waals surface area contributed by atoms with Gasteiger partial charge in [0.05, 0.1) is 6.33 Å². The van der Waals surface area contributed by atoms with E-state index in [0.717, 1.165) is 12.5 Å². The highest BCUT2D eigenvalue weighted by molar-refractivity contribution is 4.76. The quantitative estimate of drug-likeness (QED) is 0.699. The van der Waals surface area contributed by atoms with Crippen molar-refractivity contribution in [3.05, 3.63) is 18.7 Å². The third kappa shape index (κ3) is 3.21. The Kier molecular flexibility index (Phi) is 3.12. The molecule has 13 heavy (non-hydrogen) atoms. The fourth-order valence-corrected chi connectivity index (χ4v) is 1.19. The summed E-state index contributed by atoms with van der Waals surface area (Å²) in [4.78, 5) is 4.03. The molecule has 2 nitrogen and oxygen atoms in total. The molecule has 2 heteroatoms. The number of hydrogen-bond acceptors (Lipinski definition) is 1. The van der Waals surface area contributed by atoms with Gasteiger partial charge in [0, 0.05) is 18.9 Å². The first-order chi connectivity index (χ1) is 6.00. The van der Waals surface area contributed by atoms with Crippen molar-refractivity contribution in [2.45, 2.75) is 40.7 Å². The number of nitrogens with zero attached hydrogens (tertiary/aromatic N) is 2. The van der Waals surface area contributed by atoms with E-state index in [0.29, 0.717) is 5.41 Å². The zero-order chi connectivity index (χ0) is 9.90. The average molecular weight is 180 g/mol. The van der Waals surface area contributed by atoms with Gasteiger partial charge in [0.25, 0.3) is 0 Å². The topological polar surface area (TPSA) is 17.8 Å². The van der Waals surface area contributed by atoms with Gasteiger partial charge in [-0.15, -0.1) is 0 Å². The second-order valence-corrected chi connectivity index (χ2v) is 4.86. The Bertz CT molecular complexity index is 231. The van der Waals surface area contributed by atoms with E-state index >= 15 is 0 Å². The van der Waals surface area contributed by atoms with Crippen LogP contribution in [0.3, 0.4) is 0 Å². The molecular weight excluding hydrogens is 160 g/mol. The first-order valence-electron chi connectivity index (χ1n) is 4.96. The molecule has 0 aliphatic rings. The lowest BCUT2D eigenvalue weighted by Gasteiger charge is -2.27. The molecule has 0 saturated carbocycles. The maximum absolute atomic E-state index is 4.03. The normalized spacial score (nSPS) is 14.5. The molecule has 1 atom stereocenters. The summed E-state index contributed by atoms with van der Waals surface area (Å²) in [5.41, 5.74) is 0.417. The third-order valence-corrected chi connectivity index (χ3v) is 2.86. The Morgan fingerprint density at radius 2 is 2.08 bits per heavy atom. The number of rotatable bonds is 3. The molecule has 0 N–H and O–H groups in total. The van der Waals surface area contributed by atoms with Crippen LogP contribution in [-0.2, 0) is 6.54 Å². The molecule has 1 aromatic heterocycles. The van der Waals surface area contributed by atoms with Crippen molar-refractivity contribution in [1.82, 2.24) is 9.55 Å². The van der Waals surface area contributed by atoms with Crippen LogP contribution in [0.15, 0.2) is 18.7 Å². The van der Waals surface area contributed by atoms with Crippen LogP contribution in [0.5, 0.6) is 0 Å². The summed E-state index contributed by atoms with van der Waals surface area (Å²) >= 11 is 0. The molecule has 0 radical (unpaired) electrons. The predicted octanol–water partition coefficient (Wildman–Crippen LogP) is 2.96. The van der Waals surface area contributed by atoms with Gasteiger partial charge >= 0.3 is 0 Å². The summed E-state index contributed by atoms with van der Waals surface area (Å²) in [5, 5.41) is 0. The van der Waals surface area contributed by atoms with Crippen LogP contribution < -0.4 is 0 Å². The second-order valence-electron chi connectivity index (χ2n) is 4.86. The van der Waals surface area contributed by atoms with Gasteiger partial charge in [0.15, 0.2) is 0 Å². The van der Waals surface area contributed by atoms with Gasteiger partial charge in [0.2, 0.25) is 0 Å². The molecule has 0 fully saturated rings. The Balaban J connectivity index is 2.35. The highest BCUT2D eigenvalue weighted by atomic mass is 15.0. The minimum absolute atomic E-state index is 0.417. The zero-order valence-electron chi connectivity index (χ0n) is 9.12. The van der Waals surface area contributed by atoms with E-state index < -0.39 is 0 Å². The highest BCUT2D eigenvalue weighted by Gasteiger charge is 2.19. The SMILES string of the molecule is CC(CCn1ccnc1)C(C)(C)C. The molecule has 0 aliphatic carbocycles. The minimum Gasteiger partial charge on any atom is -0.337 e. The minimum atomic E-state index is 0.417. The van der Waals surface area contributed by atoms with E-state index in [4.69, 9.17) is 0 Å². The second kappa shape index (κ2) is 3.95. The van der Waals surface area contributed by atoms with Gasteiger partial charge in [-0.3, -0.25) is 0 Å². The average Bonchev–Trinajstić information content (AvgIpc) is 2.50. The van der Waals surface area contributed by atoms with Gasteiger partial charge in [-0.25, -0.2) is 4.98 Å². The maximum Gasteiger partial charge on any atom is 0.0945 e. The van der Waals surface area contributed by atoms with Crippen molar-refractivity contribution in [1.29, 1.82) is 0 Å². The molecular formula is C11H20N2. The smallest absolute Gasteiger partial charge is 0.0945 e. The van der Waals surface area contributed by atoms with E-state index in [2.05, 4.69) is 37.2 Å². The maximum atomic E-state index is 4.03. The van der Waals surface area contributed by atoms with Crippen molar-refractivity contribution in [3.8, 4) is 0 Å². The molecule has 0 saturated heterocycles. The Morgan fingerprint density at radius 1 is 1.38 bits per heavy atom. The number of hydrogen-bond donors (Lipinski definition) is 0. The van der Waals surface area contributed by atoms with Gasteiger partial charge in [0.1, 0.15) is 0 Å². The summed E-state index contributed by atoms with van der Waals surface area (Å²) in [6.45, 7) is 10.3. The molecule has 1 rings (SSSR count). The fraction of sp³-hybridized carbons (Fsp3) is 0.727. The van der Waals surface area contributed by atoms with Crippen LogP contribution in [0.1, 0.15) is 34.1 Å². The Morgan fingerprint density at radius 3 is 2.54 bits per heavy atom. The summed E-state index contributed by atoms with van der Waals surface area (Å²) in [6.07, 6.45) is 6.96. The standard InChI is InChI=1S/C11H20N2/c1-10(11(2,3)4)5-7-13-8-6-12-9-13/h6,8-10H,5,7H2,1-4H3. The van der Waals surface area contributed by atoms with Gasteiger partial charge in [-0.2, -0.15) is 0 Å². The number of aromatic nitrogens is 2. The summed E-state index contributed by atoms with van der Waals surface area (Å²) in [5.74, 6) is 0.745. The van der Waals surface area contributed by atoms with Crippen LogP contribution in [-0.4, -0.2) is 9.55 Å². The molecule has 74 valence electrons. The fourth-order valence-electron chi connectivity index (χ4n) is 1.19. The number of imidazole rings is 1. The van der Waals surface area contributed by atoms with Crippen molar-refractivity contribution >= 4 is 0 Å². The Hall–Kier alpha value is -0.790. The van der Waals surface area contributed by atoms with Crippen LogP contribution in [0.25, 0.3) is 0 Å².